The van der Waals surface area contributed by atoms with Gasteiger partial charge in [-0.25, -0.2) is 18.0 Å². The summed E-state index contributed by atoms with van der Waals surface area (Å²) in [6.45, 7) is 5.45. The molecule has 1 N–H and O–H groups in total. The highest BCUT2D eigenvalue weighted by molar-refractivity contribution is 7.92. The molecule has 10 heteroatoms. The molecule has 2 rings (SSSR count). The summed E-state index contributed by atoms with van der Waals surface area (Å²) in [5.74, 6) is -2.05. The van der Waals surface area contributed by atoms with E-state index in [2.05, 4.69) is 5.32 Å². The van der Waals surface area contributed by atoms with E-state index in [1.54, 1.807) is 25.1 Å². The van der Waals surface area contributed by atoms with Crippen LogP contribution in [0.1, 0.15) is 45.2 Å². The fourth-order valence-electron chi connectivity index (χ4n) is 3.32. The Labute approximate surface area is 193 Å². The lowest BCUT2D eigenvalue weighted by molar-refractivity contribution is -0.117. The van der Waals surface area contributed by atoms with Crippen LogP contribution in [-0.2, 0) is 24.3 Å². The van der Waals surface area contributed by atoms with Gasteiger partial charge in [-0.3, -0.25) is 9.10 Å². The normalized spacial score (nSPS) is 11.9. The maximum absolute atomic E-state index is 13.2. The summed E-state index contributed by atoms with van der Waals surface area (Å²) in [6.07, 6.45) is 1.21. The summed E-state index contributed by atoms with van der Waals surface area (Å²) in [6, 6.07) is 8.02. The molecule has 2 aromatic carbocycles. The van der Waals surface area contributed by atoms with Crippen molar-refractivity contribution in [2.45, 2.75) is 33.2 Å². The Kier molecular flexibility index (Phi) is 8.21. The summed E-state index contributed by atoms with van der Waals surface area (Å²) in [4.78, 5) is 37.2. The number of amides is 1. The second-order valence-corrected chi connectivity index (χ2v) is 9.38. The zero-order valence-corrected chi connectivity index (χ0v) is 20.3. The van der Waals surface area contributed by atoms with Gasteiger partial charge in [-0.15, -0.1) is 0 Å². The van der Waals surface area contributed by atoms with Crippen molar-refractivity contribution in [2.75, 3.05) is 30.1 Å². The lowest BCUT2D eigenvalue weighted by atomic mass is 10.1. The number of anilines is 2. The number of nitrogens with one attached hydrogen (secondary N) is 1. The number of rotatable bonds is 8. The number of carbonyl (C=O) groups is 3. The molecule has 0 aliphatic carbocycles. The fraction of sp³-hybridized carbons (Fsp3) is 0.348. The Hall–Kier alpha value is -3.40. The lowest BCUT2D eigenvalue weighted by Gasteiger charge is -2.30. The molecule has 9 nitrogen and oxygen atoms in total. The van der Waals surface area contributed by atoms with Gasteiger partial charge in [-0.1, -0.05) is 13.0 Å². The number of esters is 2. The number of methoxy groups -OCH3 is 2. The minimum Gasteiger partial charge on any atom is -0.465 e. The highest BCUT2D eigenvalue weighted by atomic mass is 32.2. The van der Waals surface area contributed by atoms with Crippen molar-refractivity contribution < 1.29 is 32.3 Å². The van der Waals surface area contributed by atoms with Gasteiger partial charge in [0, 0.05) is 5.69 Å². The summed E-state index contributed by atoms with van der Waals surface area (Å²) in [5, 5.41) is 2.62. The van der Waals surface area contributed by atoms with E-state index >= 15 is 0 Å². The van der Waals surface area contributed by atoms with Gasteiger partial charge in [0.2, 0.25) is 15.9 Å². The van der Waals surface area contributed by atoms with Gasteiger partial charge in [-0.05, 0) is 61.7 Å². The van der Waals surface area contributed by atoms with Crippen LogP contribution in [0.15, 0.2) is 36.4 Å². The SMILES string of the molecule is CC[C@@H](C(=O)Nc1cc(C(=O)OC)cc(C(=O)OC)c1)N(c1ccc(C)c(C)c1)S(C)(=O)=O. The lowest BCUT2D eigenvalue weighted by Crippen LogP contribution is -2.47. The predicted molar refractivity (Wildman–Crippen MR) is 125 cm³/mol. The van der Waals surface area contributed by atoms with Crippen LogP contribution in [-0.4, -0.2) is 52.8 Å². The predicted octanol–water partition coefficient (Wildman–Crippen LogP) is 3.06. The van der Waals surface area contributed by atoms with Crippen molar-refractivity contribution in [3.05, 3.63) is 58.7 Å². The molecule has 0 aliphatic rings. The van der Waals surface area contributed by atoms with Crippen molar-refractivity contribution in [2.24, 2.45) is 0 Å². The van der Waals surface area contributed by atoms with Crippen LogP contribution in [0.25, 0.3) is 0 Å². The van der Waals surface area contributed by atoms with Crippen LogP contribution in [0.4, 0.5) is 11.4 Å². The quantitative estimate of drug-likeness (QED) is 0.582. The zero-order chi connectivity index (χ0) is 24.9. The molecule has 0 aromatic heterocycles. The molecule has 0 saturated heterocycles. The van der Waals surface area contributed by atoms with E-state index in [0.29, 0.717) is 5.69 Å². The third-order valence-corrected chi connectivity index (χ3v) is 6.30. The molecule has 0 unspecified atom stereocenters. The molecule has 0 spiro atoms. The average molecular weight is 477 g/mol. The van der Waals surface area contributed by atoms with Crippen LogP contribution >= 0.6 is 0 Å². The summed E-state index contributed by atoms with van der Waals surface area (Å²) >= 11 is 0. The third kappa shape index (κ3) is 6.10. The van der Waals surface area contributed by atoms with E-state index in [-0.39, 0.29) is 23.2 Å². The molecule has 0 aliphatic heterocycles. The van der Waals surface area contributed by atoms with Crippen molar-refractivity contribution in [1.82, 2.24) is 0 Å². The van der Waals surface area contributed by atoms with E-state index in [1.165, 1.54) is 32.4 Å². The largest absolute Gasteiger partial charge is 0.465 e. The van der Waals surface area contributed by atoms with Gasteiger partial charge in [0.25, 0.3) is 0 Å². The molecule has 0 saturated carbocycles. The second kappa shape index (κ2) is 10.5. The first-order chi connectivity index (χ1) is 15.4. The molecule has 178 valence electrons. The number of hydrogen-bond acceptors (Lipinski definition) is 7. The molecule has 33 heavy (non-hydrogen) atoms. The van der Waals surface area contributed by atoms with Crippen LogP contribution in [0.5, 0.6) is 0 Å². The fourth-order valence-corrected chi connectivity index (χ4v) is 4.52. The average Bonchev–Trinajstić information content (AvgIpc) is 2.76. The standard InChI is InChI=1S/C23H28N2O7S/c1-7-20(25(33(6,29)30)19-9-8-14(2)15(3)10-19)21(26)24-18-12-16(22(27)31-4)11-17(13-18)23(28)32-5/h8-13,20H,7H2,1-6H3,(H,24,26)/t20-/m0/s1. The molecular weight excluding hydrogens is 448 g/mol. The molecule has 0 heterocycles. The first kappa shape index (κ1) is 25.9. The number of benzene rings is 2. The van der Waals surface area contributed by atoms with Crippen LogP contribution < -0.4 is 9.62 Å². The topological polar surface area (TPSA) is 119 Å². The van der Waals surface area contributed by atoms with E-state index in [1.807, 2.05) is 13.8 Å². The maximum Gasteiger partial charge on any atom is 0.337 e. The van der Waals surface area contributed by atoms with Gasteiger partial charge in [0.1, 0.15) is 6.04 Å². The first-order valence-electron chi connectivity index (χ1n) is 10.1. The smallest absolute Gasteiger partial charge is 0.337 e. The number of hydrogen-bond donors (Lipinski definition) is 1. The van der Waals surface area contributed by atoms with Gasteiger partial charge < -0.3 is 14.8 Å². The van der Waals surface area contributed by atoms with Crippen molar-refractivity contribution in [1.29, 1.82) is 0 Å². The molecule has 0 bridgehead atoms. The summed E-state index contributed by atoms with van der Waals surface area (Å²) < 4.78 is 35.8. The van der Waals surface area contributed by atoms with Crippen molar-refractivity contribution in [3.63, 3.8) is 0 Å². The van der Waals surface area contributed by atoms with Crippen LogP contribution in [0.3, 0.4) is 0 Å². The van der Waals surface area contributed by atoms with E-state index < -0.39 is 33.9 Å². The minimum atomic E-state index is -3.82. The second-order valence-electron chi connectivity index (χ2n) is 7.52. The van der Waals surface area contributed by atoms with E-state index in [9.17, 15) is 22.8 Å². The molecule has 2 aromatic rings. The molecule has 1 amide bonds. The molecule has 0 fully saturated rings. The first-order valence-corrected chi connectivity index (χ1v) is 12.0. The Balaban J connectivity index is 2.49. The Morgan fingerprint density at radius 2 is 1.48 bits per heavy atom. The van der Waals surface area contributed by atoms with Crippen LogP contribution in [0.2, 0.25) is 0 Å². The summed E-state index contributed by atoms with van der Waals surface area (Å²) in [5.41, 5.74) is 2.40. The molecule has 0 radical (unpaired) electrons. The Morgan fingerprint density at radius 1 is 0.939 bits per heavy atom. The number of ether oxygens (including phenoxy) is 2. The monoisotopic (exact) mass is 476 g/mol. The van der Waals surface area contributed by atoms with Crippen molar-refractivity contribution in [3.8, 4) is 0 Å². The Bertz CT molecular complexity index is 1140. The number of nitrogens with zero attached hydrogens (tertiary/aromatic N) is 1. The molecule has 1 atom stereocenters. The van der Waals surface area contributed by atoms with E-state index in [4.69, 9.17) is 9.47 Å². The minimum absolute atomic E-state index is 0.0258. The van der Waals surface area contributed by atoms with Gasteiger partial charge in [0.15, 0.2) is 0 Å². The van der Waals surface area contributed by atoms with Gasteiger partial charge in [-0.2, -0.15) is 0 Å². The highest BCUT2D eigenvalue weighted by Crippen LogP contribution is 2.26. The zero-order valence-electron chi connectivity index (χ0n) is 19.5. The van der Waals surface area contributed by atoms with Gasteiger partial charge in [0.05, 0.1) is 37.3 Å². The van der Waals surface area contributed by atoms with E-state index in [0.717, 1.165) is 21.7 Å². The Morgan fingerprint density at radius 3 is 1.91 bits per heavy atom. The van der Waals surface area contributed by atoms with Crippen LogP contribution in [0, 0.1) is 13.8 Å². The van der Waals surface area contributed by atoms with Crippen molar-refractivity contribution >= 4 is 39.2 Å². The molecular formula is C23H28N2O7S. The maximum atomic E-state index is 13.2. The third-order valence-electron chi connectivity index (χ3n) is 5.12. The number of carbonyl (C=O) groups excluding carboxylic acids is 3. The highest BCUT2D eigenvalue weighted by Gasteiger charge is 2.32. The number of aryl methyl sites for hydroxylation is 2. The number of sulfonamides is 1. The summed E-state index contributed by atoms with van der Waals surface area (Å²) in [7, 11) is -1.45. The van der Waals surface area contributed by atoms with Gasteiger partial charge >= 0.3 is 11.9 Å².